The van der Waals surface area contributed by atoms with Crippen molar-refractivity contribution in [3.05, 3.63) is 47.2 Å². The number of rotatable bonds is 5. The second-order valence-electron chi connectivity index (χ2n) is 3.41. The Kier molecular flexibility index (Phi) is 4.39. The summed E-state index contributed by atoms with van der Waals surface area (Å²) >= 11 is 0. The molecule has 1 rings (SSSR count). The van der Waals surface area contributed by atoms with Crippen LogP contribution in [0, 0.1) is 0 Å². The van der Waals surface area contributed by atoms with Crippen molar-refractivity contribution >= 4 is 5.91 Å². The lowest BCUT2D eigenvalue weighted by Gasteiger charge is -2.09. The van der Waals surface area contributed by atoms with Crippen molar-refractivity contribution < 1.29 is 9.90 Å². The van der Waals surface area contributed by atoms with Gasteiger partial charge in [-0.25, -0.2) is 4.98 Å². The van der Waals surface area contributed by atoms with Gasteiger partial charge in [-0.05, 0) is 0 Å². The first kappa shape index (κ1) is 13.7. The molecule has 1 unspecified atom stereocenters. The van der Waals surface area contributed by atoms with E-state index in [4.69, 9.17) is 5.73 Å². The van der Waals surface area contributed by atoms with Crippen LogP contribution in [0.15, 0.2) is 30.1 Å². The zero-order valence-corrected chi connectivity index (χ0v) is 9.64. The van der Waals surface area contributed by atoms with E-state index >= 15 is 0 Å². The van der Waals surface area contributed by atoms with Crippen LogP contribution >= 0.6 is 0 Å². The molecule has 1 amide bonds. The van der Waals surface area contributed by atoms with Gasteiger partial charge in [0.05, 0.1) is 6.04 Å². The number of nitrogens with one attached hydrogen (secondary N) is 2. The number of carbonyl (C=O) groups is 1. The van der Waals surface area contributed by atoms with Gasteiger partial charge in [0, 0.05) is 6.54 Å². The van der Waals surface area contributed by atoms with Crippen LogP contribution in [0.2, 0.25) is 0 Å². The number of hydrogen-bond acceptors (Lipinski definition) is 5. The third kappa shape index (κ3) is 2.83. The van der Waals surface area contributed by atoms with E-state index in [2.05, 4.69) is 28.4 Å². The fourth-order valence-electron chi connectivity index (χ4n) is 1.16. The van der Waals surface area contributed by atoms with Crippen LogP contribution in [-0.4, -0.2) is 27.5 Å². The molecule has 0 aromatic carbocycles. The minimum atomic E-state index is -0.832. The molecular weight excluding hydrogens is 236 g/mol. The van der Waals surface area contributed by atoms with Gasteiger partial charge in [-0.2, -0.15) is 0 Å². The molecule has 0 aliphatic carbocycles. The molecule has 96 valence electrons. The lowest BCUT2D eigenvalue weighted by atomic mass is 10.2. The Balaban J connectivity index is 3.21. The van der Waals surface area contributed by atoms with Gasteiger partial charge in [0.15, 0.2) is 5.69 Å². The van der Waals surface area contributed by atoms with Gasteiger partial charge >= 0.3 is 0 Å². The number of nitrogens with zero attached hydrogens (tertiary/aromatic N) is 1. The molecule has 0 aliphatic rings. The SMILES string of the molecule is C=CCNC(=O)c1nc(C(N)C=C)[nH]c(=O)c1O. The molecule has 1 heterocycles. The van der Waals surface area contributed by atoms with Crippen LogP contribution in [0.25, 0.3) is 0 Å². The van der Waals surface area contributed by atoms with Crippen LogP contribution in [0.4, 0.5) is 0 Å². The quantitative estimate of drug-likeness (QED) is 0.529. The maximum atomic E-state index is 11.6. The van der Waals surface area contributed by atoms with Gasteiger partial charge in [-0.3, -0.25) is 9.59 Å². The average molecular weight is 250 g/mol. The highest BCUT2D eigenvalue weighted by Crippen LogP contribution is 2.11. The van der Waals surface area contributed by atoms with Crippen LogP contribution in [0.5, 0.6) is 5.75 Å². The third-order valence-electron chi connectivity index (χ3n) is 2.10. The zero-order valence-electron chi connectivity index (χ0n) is 9.64. The normalized spacial score (nSPS) is 11.6. The van der Waals surface area contributed by atoms with Crippen molar-refractivity contribution in [1.29, 1.82) is 0 Å². The fourth-order valence-corrected chi connectivity index (χ4v) is 1.16. The molecule has 0 radical (unpaired) electrons. The number of aromatic nitrogens is 2. The van der Waals surface area contributed by atoms with Crippen molar-refractivity contribution in [2.75, 3.05) is 6.54 Å². The van der Waals surface area contributed by atoms with E-state index in [1.54, 1.807) is 0 Å². The average Bonchev–Trinajstić information content (AvgIpc) is 2.37. The topological polar surface area (TPSA) is 121 Å². The fraction of sp³-hybridized carbons (Fsp3) is 0.182. The lowest BCUT2D eigenvalue weighted by molar-refractivity contribution is 0.0949. The van der Waals surface area contributed by atoms with Gasteiger partial charge < -0.3 is 21.1 Å². The first-order valence-electron chi connectivity index (χ1n) is 5.11. The Hall–Kier alpha value is -2.41. The van der Waals surface area contributed by atoms with Gasteiger partial charge in [0.2, 0.25) is 5.75 Å². The molecule has 0 aliphatic heterocycles. The Labute approximate surface area is 103 Å². The summed E-state index contributed by atoms with van der Waals surface area (Å²) in [4.78, 5) is 29.1. The molecule has 0 saturated carbocycles. The summed E-state index contributed by atoms with van der Waals surface area (Å²) in [6.07, 6.45) is 2.80. The van der Waals surface area contributed by atoms with Gasteiger partial charge in [0.1, 0.15) is 5.82 Å². The van der Waals surface area contributed by atoms with E-state index < -0.39 is 23.3 Å². The Morgan fingerprint density at radius 1 is 1.61 bits per heavy atom. The summed E-state index contributed by atoms with van der Waals surface area (Å²) in [5.41, 5.74) is 4.39. The minimum Gasteiger partial charge on any atom is -0.501 e. The Morgan fingerprint density at radius 2 is 2.28 bits per heavy atom. The van der Waals surface area contributed by atoms with Crippen LogP contribution in [-0.2, 0) is 0 Å². The predicted molar refractivity (Wildman–Crippen MR) is 66.2 cm³/mol. The first-order chi connectivity index (χ1) is 8.51. The maximum Gasteiger partial charge on any atom is 0.293 e. The molecule has 0 spiro atoms. The molecule has 1 aromatic heterocycles. The van der Waals surface area contributed by atoms with Crippen molar-refractivity contribution in [2.45, 2.75) is 6.04 Å². The number of nitrogens with two attached hydrogens (primary N) is 1. The van der Waals surface area contributed by atoms with Gasteiger partial charge in [0.25, 0.3) is 11.5 Å². The third-order valence-corrected chi connectivity index (χ3v) is 2.10. The van der Waals surface area contributed by atoms with Gasteiger partial charge in [-0.1, -0.05) is 12.2 Å². The van der Waals surface area contributed by atoms with Crippen molar-refractivity contribution in [3.63, 3.8) is 0 Å². The number of carbonyl (C=O) groups excluding carboxylic acids is 1. The largest absolute Gasteiger partial charge is 0.501 e. The molecule has 18 heavy (non-hydrogen) atoms. The van der Waals surface area contributed by atoms with E-state index in [9.17, 15) is 14.7 Å². The summed E-state index contributed by atoms with van der Waals surface area (Å²) in [5, 5.41) is 11.9. The second-order valence-corrected chi connectivity index (χ2v) is 3.41. The standard InChI is InChI=1S/C11H14N4O3/c1-3-5-13-10(17)7-8(16)11(18)15-9(14-7)6(12)4-2/h3-4,6,16H,1-2,5,12H2,(H,13,17)(H,14,15,18). The van der Waals surface area contributed by atoms with Crippen molar-refractivity contribution in [2.24, 2.45) is 5.73 Å². The van der Waals surface area contributed by atoms with Crippen LogP contribution in [0.1, 0.15) is 22.4 Å². The number of aromatic hydroxyl groups is 1. The predicted octanol–water partition coefficient (Wildman–Crippen LogP) is -0.423. The smallest absolute Gasteiger partial charge is 0.293 e. The van der Waals surface area contributed by atoms with Crippen LogP contribution in [0.3, 0.4) is 0 Å². The summed E-state index contributed by atoms with van der Waals surface area (Å²) in [6, 6.07) is -0.732. The van der Waals surface area contributed by atoms with E-state index in [0.717, 1.165) is 0 Å². The minimum absolute atomic E-state index is 0.0524. The summed E-state index contributed by atoms with van der Waals surface area (Å²) in [6.45, 7) is 7.07. The molecule has 0 bridgehead atoms. The molecule has 7 heteroatoms. The molecule has 7 nitrogen and oxygen atoms in total. The molecular formula is C11H14N4O3. The van der Waals surface area contributed by atoms with Crippen LogP contribution < -0.4 is 16.6 Å². The van der Waals surface area contributed by atoms with Crippen molar-refractivity contribution in [1.82, 2.24) is 15.3 Å². The maximum absolute atomic E-state index is 11.6. The van der Waals surface area contributed by atoms with E-state index in [1.165, 1.54) is 12.2 Å². The second kappa shape index (κ2) is 5.78. The summed E-state index contributed by atoms with van der Waals surface area (Å²) in [5.74, 6) is -1.39. The molecule has 0 saturated heterocycles. The van der Waals surface area contributed by atoms with E-state index in [0.29, 0.717) is 0 Å². The summed E-state index contributed by atoms with van der Waals surface area (Å²) < 4.78 is 0. The molecule has 1 atom stereocenters. The zero-order chi connectivity index (χ0) is 13.7. The monoisotopic (exact) mass is 250 g/mol. The first-order valence-corrected chi connectivity index (χ1v) is 5.11. The van der Waals surface area contributed by atoms with E-state index in [-0.39, 0.29) is 18.1 Å². The summed E-state index contributed by atoms with van der Waals surface area (Å²) in [7, 11) is 0. The Morgan fingerprint density at radius 3 is 2.83 bits per heavy atom. The number of H-pyrrole nitrogens is 1. The van der Waals surface area contributed by atoms with Gasteiger partial charge in [-0.15, -0.1) is 13.2 Å². The lowest BCUT2D eigenvalue weighted by Crippen LogP contribution is -2.28. The number of hydrogen-bond donors (Lipinski definition) is 4. The molecule has 5 N–H and O–H groups in total. The number of aromatic amines is 1. The van der Waals surface area contributed by atoms with E-state index in [1.807, 2.05) is 0 Å². The highest BCUT2D eigenvalue weighted by molar-refractivity contribution is 5.94. The highest BCUT2D eigenvalue weighted by atomic mass is 16.3. The highest BCUT2D eigenvalue weighted by Gasteiger charge is 2.18. The Bertz CT molecular complexity index is 536. The molecule has 1 aromatic rings. The molecule has 0 fully saturated rings. The number of amides is 1. The van der Waals surface area contributed by atoms with Crippen molar-refractivity contribution in [3.8, 4) is 5.75 Å².